The fourth-order valence-corrected chi connectivity index (χ4v) is 1.76. The molecule has 0 aliphatic heterocycles. The molecule has 0 radical (unpaired) electrons. The molecular weight excluding hydrogens is 278 g/mol. The number of benzene rings is 1. The minimum absolute atomic E-state index is 0.00931. The molecule has 1 rings (SSSR count). The zero-order chi connectivity index (χ0) is 12.3. The predicted octanol–water partition coefficient (Wildman–Crippen LogP) is 2.96. The van der Waals surface area contributed by atoms with Gasteiger partial charge in [-0.05, 0) is 19.9 Å². The first-order valence-corrected chi connectivity index (χ1v) is 5.38. The normalized spacial score (nSPS) is 9.94. The quantitative estimate of drug-likeness (QED) is 0.485. The predicted molar refractivity (Wildman–Crippen MR) is 62.0 cm³/mol. The van der Waals surface area contributed by atoms with Gasteiger partial charge < -0.3 is 4.74 Å². The van der Waals surface area contributed by atoms with Crippen molar-refractivity contribution >= 4 is 27.4 Å². The van der Waals surface area contributed by atoms with Gasteiger partial charge in [0.1, 0.15) is 11.3 Å². The van der Waals surface area contributed by atoms with Crippen LogP contribution in [-0.4, -0.2) is 17.3 Å². The molecule has 0 atom stereocenters. The number of ketones is 1. The van der Waals surface area contributed by atoms with Gasteiger partial charge in [0.15, 0.2) is 5.78 Å². The first kappa shape index (κ1) is 12.6. The molecule has 0 aliphatic rings. The van der Waals surface area contributed by atoms with Crippen LogP contribution < -0.4 is 4.74 Å². The Labute approximate surface area is 101 Å². The number of hydrogen-bond acceptors (Lipinski definition) is 4. The van der Waals surface area contributed by atoms with Gasteiger partial charge >= 0.3 is 0 Å². The van der Waals surface area contributed by atoms with Crippen LogP contribution >= 0.6 is 15.9 Å². The molecule has 0 saturated carbocycles. The second kappa shape index (κ2) is 5.07. The van der Waals surface area contributed by atoms with Crippen molar-refractivity contribution < 1.29 is 14.5 Å². The number of nitro groups is 1. The summed E-state index contributed by atoms with van der Waals surface area (Å²) in [5, 5.41) is 10.8. The van der Waals surface area contributed by atoms with E-state index in [4.69, 9.17) is 4.74 Å². The van der Waals surface area contributed by atoms with Crippen molar-refractivity contribution in [1.29, 1.82) is 0 Å². The Balaban J connectivity index is 3.47. The molecule has 0 saturated heterocycles. The van der Waals surface area contributed by atoms with Gasteiger partial charge in [-0.3, -0.25) is 14.9 Å². The summed E-state index contributed by atoms with van der Waals surface area (Å²) >= 11 is 3.14. The maximum atomic E-state index is 11.4. The number of ether oxygens (including phenoxy) is 1. The van der Waals surface area contributed by atoms with Crippen LogP contribution in [0.15, 0.2) is 16.6 Å². The third kappa shape index (κ3) is 2.57. The Morgan fingerprint density at radius 1 is 1.56 bits per heavy atom. The van der Waals surface area contributed by atoms with E-state index in [2.05, 4.69) is 15.9 Å². The highest BCUT2D eigenvalue weighted by atomic mass is 79.9. The Morgan fingerprint density at radius 3 is 2.62 bits per heavy atom. The number of nitrogens with zero attached hydrogens (tertiary/aromatic N) is 1. The fourth-order valence-electron chi connectivity index (χ4n) is 1.34. The topological polar surface area (TPSA) is 69.4 Å². The van der Waals surface area contributed by atoms with Crippen molar-refractivity contribution in [2.75, 3.05) is 6.61 Å². The number of carbonyl (C=O) groups is 1. The van der Waals surface area contributed by atoms with Crippen molar-refractivity contribution in [2.45, 2.75) is 13.8 Å². The molecule has 0 aliphatic carbocycles. The third-order valence-corrected chi connectivity index (χ3v) is 2.35. The number of Topliss-reactive ketones (excluding diaryl/α,β-unsaturated/α-hetero) is 1. The van der Waals surface area contributed by atoms with E-state index in [1.165, 1.54) is 13.0 Å². The second-order valence-electron chi connectivity index (χ2n) is 3.04. The lowest BCUT2D eigenvalue weighted by molar-refractivity contribution is -0.385. The monoisotopic (exact) mass is 287 g/mol. The molecule has 0 amide bonds. The third-order valence-electron chi connectivity index (χ3n) is 1.89. The second-order valence-corrected chi connectivity index (χ2v) is 3.96. The molecule has 1 aromatic carbocycles. The summed E-state index contributed by atoms with van der Waals surface area (Å²) < 4.78 is 5.72. The summed E-state index contributed by atoms with van der Waals surface area (Å²) in [6.45, 7) is 3.36. The molecule has 0 unspecified atom stereocenters. The van der Waals surface area contributed by atoms with Crippen LogP contribution in [-0.2, 0) is 0 Å². The van der Waals surface area contributed by atoms with Gasteiger partial charge in [-0.15, -0.1) is 0 Å². The van der Waals surface area contributed by atoms with Crippen molar-refractivity contribution in [3.63, 3.8) is 0 Å². The minimum Gasteiger partial charge on any atom is -0.493 e. The average Bonchev–Trinajstić information content (AvgIpc) is 2.16. The van der Waals surface area contributed by atoms with Gasteiger partial charge in [0.05, 0.1) is 11.5 Å². The molecule has 0 fully saturated rings. The average molecular weight is 288 g/mol. The first-order chi connectivity index (χ1) is 7.47. The standard InChI is InChI=1S/C10H10BrNO4/c1-3-16-9-5-7(11)4-8(12(14)15)10(9)6(2)13/h4-5H,3H2,1-2H3. The highest BCUT2D eigenvalue weighted by Crippen LogP contribution is 2.33. The van der Waals surface area contributed by atoms with Crippen LogP contribution in [0.5, 0.6) is 5.75 Å². The smallest absolute Gasteiger partial charge is 0.285 e. The molecule has 0 N–H and O–H groups in total. The number of rotatable bonds is 4. The minimum atomic E-state index is -0.593. The summed E-state index contributed by atoms with van der Waals surface area (Å²) in [5.41, 5.74) is -0.236. The van der Waals surface area contributed by atoms with Gasteiger partial charge in [0.2, 0.25) is 0 Å². The lowest BCUT2D eigenvalue weighted by atomic mass is 10.1. The molecule has 0 aromatic heterocycles. The maximum absolute atomic E-state index is 11.4. The summed E-state index contributed by atoms with van der Waals surface area (Å²) in [4.78, 5) is 21.6. The summed E-state index contributed by atoms with van der Waals surface area (Å²) in [6.07, 6.45) is 0. The molecule has 86 valence electrons. The summed E-state index contributed by atoms with van der Waals surface area (Å²) in [5.74, 6) is -0.154. The van der Waals surface area contributed by atoms with E-state index in [-0.39, 0.29) is 22.8 Å². The van der Waals surface area contributed by atoms with E-state index in [9.17, 15) is 14.9 Å². The Morgan fingerprint density at radius 2 is 2.19 bits per heavy atom. The van der Waals surface area contributed by atoms with Gasteiger partial charge in [0.25, 0.3) is 5.69 Å². The molecule has 0 spiro atoms. The molecule has 5 nitrogen and oxygen atoms in total. The Hall–Kier alpha value is -1.43. The number of carbonyl (C=O) groups excluding carboxylic acids is 1. The Bertz CT molecular complexity index is 445. The highest BCUT2D eigenvalue weighted by Gasteiger charge is 2.23. The number of halogens is 1. The van der Waals surface area contributed by atoms with Crippen molar-refractivity contribution in [1.82, 2.24) is 0 Å². The molecule has 0 bridgehead atoms. The van der Waals surface area contributed by atoms with E-state index >= 15 is 0 Å². The van der Waals surface area contributed by atoms with Crippen LogP contribution in [0.25, 0.3) is 0 Å². The zero-order valence-corrected chi connectivity index (χ0v) is 10.4. The largest absolute Gasteiger partial charge is 0.493 e. The van der Waals surface area contributed by atoms with Crippen molar-refractivity contribution in [3.8, 4) is 5.75 Å². The van der Waals surface area contributed by atoms with E-state index in [0.29, 0.717) is 11.1 Å². The molecular formula is C10H10BrNO4. The van der Waals surface area contributed by atoms with E-state index < -0.39 is 4.92 Å². The van der Waals surface area contributed by atoms with Gasteiger partial charge in [-0.25, -0.2) is 0 Å². The van der Waals surface area contributed by atoms with Gasteiger partial charge in [-0.1, -0.05) is 15.9 Å². The molecule has 1 aromatic rings. The molecule has 6 heteroatoms. The highest BCUT2D eigenvalue weighted by molar-refractivity contribution is 9.10. The maximum Gasteiger partial charge on any atom is 0.285 e. The summed E-state index contributed by atoms with van der Waals surface area (Å²) in [7, 11) is 0. The molecule has 16 heavy (non-hydrogen) atoms. The van der Waals surface area contributed by atoms with Crippen LogP contribution in [0, 0.1) is 10.1 Å². The van der Waals surface area contributed by atoms with E-state index in [0.717, 1.165) is 0 Å². The van der Waals surface area contributed by atoms with Crippen LogP contribution in [0.3, 0.4) is 0 Å². The first-order valence-electron chi connectivity index (χ1n) is 4.59. The lowest BCUT2D eigenvalue weighted by Gasteiger charge is -2.08. The zero-order valence-electron chi connectivity index (χ0n) is 8.82. The van der Waals surface area contributed by atoms with Crippen molar-refractivity contribution in [3.05, 3.63) is 32.3 Å². The Kier molecular flexibility index (Phi) is 4.00. The van der Waals surface area contributed by atoms with Crippen LogP contribution in [0.4, 0.5) is 5.69 Å². The van der Waals surface area contributed by atoms with Crippen molar-refractivity contribution in [2.24, 2.45) is 0 Å². The lowest BCUT2D eigenvalue weighted by Crippen LogP contribution is -2.05. The van der Waals surface area contributed by atoms with Gasteiger partial charge in [0, 0.05) is 10.5 Å². The number of nitro benzene ring substituents is 1. The van der Waals surface area contributed by atoms with Crippen LogP contribution in [0.1, 0.15) is 24.2 Å². The molecule has 0 heterocycles. The van der Waals surface area contributed by atoms with Crippen LogP contribution in [0.2, 0.25) is 0 Å². The van der Waals surface area contributed by atoms with Gasteiger partial charge in [-0.2, -0.15) is 0 Å². The number of hydrogen-bond donors (Lipinski definition) is 0. The fraction of sp³-hybridized carbons (Fsp3) is 0.300. The van der Waals surface area contributed by atoms with E-state index in [1.54, 1.807) is 13.0 Å². The van der Waals surface area contributed by atoms with E-state index in [1.807, 2.05) is 0 Å². The SMILES string of the molecule is CCOc1cc(Br)cc([N+](=O)[O-])c1C(C)=O. The summed E-state index contributed by atoms with van der Waals surface area (Å²) in [6, 6.07) is 2.84.